The summed E-state index contributed by atoms with van der Waals surface area (Å²) in [6.07, 6.45) is 7.06. The van der Waals surface area contributed by atoms with Gasteiger partial charge in [-0.1, -0.05) is 20.3 Å². The number of aromatic amines is 1. The van der Waals surface area contributed by atoms with Crippen LogP contribution in [0.4, 0.5) is 10.5 Å². The molecular weight excluding hydrogens is 284 g/mol. The van der Waals surface area contributed by atoms with E-state index in [-0.39, 0.29) is 17.7 Å². The van der Waals surface area contributed by atoms with Gasteiger partial charge in [-0.2, -0.15) is 5.10 Å². The monoisotopic (exact) mass is 310 g/mol. The summed E-state index contributed by atoms with van der Waals surface area (Å²) in [6.45, 7) is 6.35. The van der Waals surface area contributed by atoms with Crippen LogP contribution >= 0.6 is 0 Å². The number of hydrogen-bond acceptors (Lipinski definition) is 4. The van der Waals surface area contributed by atoms with Gasteiger partial charge in [-0.3, -0.25) is 5.10 Å². The topological polar surface area (TPSA) is 88.3 Å². The van der Waals surface area contributed by atoms with Crippen molar-refractivity contribution in [1.29, 1.82) is 0 Å². The first kappa shape index (κ1) is 16.8. The highest BCUT2D eigenvalue weighted by atomic mass is 16.7. The van der Waals surface area contributed by atoms with Crippen molar-refractivity contribution in [3.8, 4) is 0 Å². The number of anilines is 1. The molecule has 1 unspecified atom stereocenters. The molecule has 0 radical (unpaired) electrons. The van der Waals surface area contributed by atoms with Crippen molar-refractivity contribution in [3.63, 3.8) is 0 Å². The Hall–Kier alpha value is -1.60. The van der Waals surface area contributed by atoms with Crippen molar-refractivity contribution >= 4 is 11.7 Å². The minimum Gasteiger partial charge on any atom is -0.350 e. The number of aromatic nitrogens is 2. The van der Waals surface area contributed by atoms with E-state index in [4.69, 9.17) is 9.47 Å². The first-order valence-electron chi connectivity index (χ1n) is 7.91. The molecule has 0 bridgehead atoms. The Morgan fingerprint density at radius 2 is 2.23 bits per heavy atom. The summed E-state index contributed by atoms with van der Waals surface area (Å²) in [4.78, 5) is 11.7. The average Bonchev–Trinajstić information content (AvgIpc) is 3.17. The van der Waals surface area contributed by atoms with E-state index in [1.807, 2.05) is 0 Å². The van der Waals surface area contributed by atoms with Gasteiger partial charge in [0.2, 0.25) is 0 Å². The molecule has 2 heterocycles. The SMILES string of the molecule is CCCC(C)(CCCNC(=O)Nc1cn[nH]c1)C1OCCO1. The lowest BCUT2D eigenvalue weighted by Crippen LogP contribution is -2.35. The molecule has 0 spiro atoms. The molecule has 0 aromatic carbocycles. The Kier molecular flexibility index (Phi) is 6.21. The predicted octanol–water partition coefficient (Wildman–Crippen LogP) is 2.49. The van der Waals surface area contributed by atoms with Gasteiger partial charge in [0.25, 0.3) is 0 Å². The summed E-state index contributed by atoms with van der Waals surface area (Å²) >= 11 is 0. The molecule has 1 atom stereocenters. The fourth-order valence-corrected chi connectivity index (χ4v) is 2.88. The molecule has 1 aliphatic heterocycles. The van der Waals surface area contributed by atoms with Crippen molar-refractivity contribution < 1.29 is 14.3 Å². The number of hydrogen-bond donors (Lipinski definition) is 3. The zero-order chi connectivity index (χ0) is 15.8. The van der Waals surface area contributed by atoms with Crippen LogP contribution in [0.1, 0.15) is 39.5 Å². The lowest BCUT2D eigenvalue weighted by Gasteiger charge is -2.33. The van der Waals surface area contributed by atoms with E-state index in [1.54, 1.807) is 12.4 Å². The van der Waals surface area contributed by atoms with Crippen molar-refractivity contribution in [2.75, 3.05) is 25.1 Å². The molecule has 22 heavy (non-hydrogen) atoms. The molecule has 0 aliphatic carbocycles. The number of rotatable bonds is 8. The Morgan fingerprint density at radius 1 is 1.45 bits per heavy atom. The molecule has 2 rings (SSSR count). The van der Waals surface area contributed by atoms with Crippen LogP contribution in [0.2, 0.25) is 0 Å². The standard InChI is InChI=1S/C15H26N4O3/c1-3-5-15(2,13-21-8-9-22-13)6-4-7-16-14(20)19-12-10-17-18-11-12/h10-11,13H,3-9H2,1-2H3,(H,17,18)(H2,16,19,20). The summed E-state index contributed by atoms with van der Waals surface area (Å²) in [5.74, 6) is 0. The molecule has 0 saturated carbocycles. The Labute approximate surface area is 131 Å². The van der Waals surface area contributed by atoms with Crippen molar-refractivity contribution in [1.82, 2.24) is 15.5 Å². The average molecular weight is 310 g/mol. The van der Waals surface area contributed by atoms with Crippen LogP contribution in [0, 0.1) is 5.41 Å². The molecule has 1 aliphatic rings. The molecular formula is C15H26N4O3. The van der Waals surface area contributed by atoms with Gasteiger partial charge in [-0.05, 0) is 19.3 Å². The lowest BCUT2D eigenvalue weighted by atomic mass is 9.80. The molecule has 7 nitrogen and oxygen atoms in total. The normalized spacial score (nSPS) is 18.1. The highest BCUT2D eigenvalue weighted by Gasteiger charge is 2.37. The highest BCUT2D eigenvalue weighted by molar-refractivity contribution is 5.88. The van der Waals surface area contributed by atoms with Crippen LogP contribution in [0.5, 0.6) is 0 Å². The third kappa shape index (κ3) is 4.71. The maximum atomic E-state index is 11.7. The number of carbonyl (C=O) groups excluding carboxylic acids is 1. The number of ether oxygens (including phenoxy) is 2. The Bertz CT molecular complexity index is 446. The second-order valence-corrected chi connectivity index (χ2v) is 5.95. The van der Waals surface area contributed by atoms with Gasteiger partial charge in [0.1, 0.15) is 0 Å². The van der Waals surface area contributed by atoms with Gasteiger partial charge in [-0.25, -0.2) is 4.79 Å². The van der Waals surface area contributed by atoms with E-state index in [1.165, 1.54) is 0 Å². The number of carbonyl (C=O) groups is 1. The predicted molar refractivity (Wildman–Crippen MR) is 83.6 cm³/mol. The fraction of sp³-hybridized carbons (Fsp3) is 0.733. The van der Waals surface area contributed by atoms with Crippen LogP contribution in [-0.2, 0) is 9.47 Å². The number of nitrogens with zero attached hydrogens (tertiary/aromatic N) is 1. The summed E-state index contributed by atoms with van der Waals surface area (Å²) in [7, 11) is 0. The van der Waals surface area contributed by atoms with Gasteiger partial charge < -0.3 is 20.1 Å². The molecule has 1 aromatic heterocycles. The Balaban J connectivity index is 1.70. The van der Waals surface area contributed by atoms with E-state index >= 15 is 0 Å². The second kappa shape index (κ2) is 8.14. The van der Waals surface area contributed by atoms with E-state index in [2.05, 4.69) is 34.7 Å². The molecule has 2 amide bonds. The first-order chi connectivity index (χ1) is 10.6. The largest absolute Gasteiger partial charge is 0.350 e. The number of urea groups is 1. The zero-order valence-corrected chi connectivity index (χ0v) is 13.4. The Morgan fingerprint density at radius 3 is 2.86 bits per heavy atom. The maximum absolute atomic E-state index is 11.7. The van der Waals surface area contributed by atoms with Crippen LogP contribution in [0.15, 0.2) is 12.4 Å². The molecule has 7 heteroatoms. The summed E-state index contributed by atoms with van der Waals surface area (Å²) in [5, 5.41) is 12.0. The summed E-state index contributed by atoms with van der Waals surface area (Å²) in [6, 6.07) is -0.216. The minimum atomic E-state index is -0.216. The number of H-pyrrole nitrogens is 1. The smallest absolute Gasteiger partial charge is 0.319 e. The molecule has 124 valence electrons. The van der Waals surface area contributed by atoms with Crippen molar-refractivity contribution in [2.24, 2.45) is 5.41 Å². The van der Waals surface area contributed by atoms with Gasteiger partial charge in [0.15, 0.2) is 6.29 Å². The third-order valence-electron chi connectivity index (χ3n) is 3.98. The van der Waals surface area contributed by atoms with E-state index in [0.717, 1.165) is 25.7 Å². The van der Waals surface area contributed by atoms with Gasteiger partial charge in [0.05, 0.1) is 25.1 Å². The van der Waals surface area contributed by atoms with Crippen molar-refractivity contribution in [2.45, 2.75) is 45.8 Å². The molecule has 3 N–H and O–H groups in total. The zero-order valence-electron chi connectivity index (χ0n) is 13.4. The van der Waals surface area contributed by atoms with Crippen LogP contribution in [0.25, 0.3) is 0 Å². The fourth-order valence-electron chi connectivity index (χ4n) is 2.88. The number of amides is 2. The van der Waals surface area contributed by atoms with Gasteiger partial charge in [-0.15, -0.1) is 0 Å². The molecule has 1 fully saturated rings. The van der Waals surface area contributed by atoms with Crippen LogP contribution in [-0.4, -0.2) is 42.3 Å². The van der Waals surface area contributed by atoms with E-state index < -0.39 is 0 Å². The van der Waals surface area contributed by atoms with Crippen LogP contribution in [0.3, 0.4) is 0 Å². The van der Waals surface area contributed by atoms with Gasteiger partial charge in [0, 0.05) is 18.2 Å². The quantitative estimate of drug-likeness (QED) is 0.644. The lowest BCUT2D eigenvalue weighted by molar-refractivity contribution is -0.133. The minimum absolute atomic E-state index is 0.00790. The van der Waals surface area contributed by atoms with Gasteiger partial charge >= 0.3 is 6.03 Å². The summed E-state index contributed by atoms with van der Waals surface area (Å²) < 4.78 is 11.4. The molecule has 1 saturated heterocycles. The molecule has 1 aromatic rings. The highest BCUT2D eigenvalue weighted by Crippen LogP contribution is 2.37. The first-order valence-corrected chi connectivity index (χ1v) is 7.91. The maximum Gasteiger partial charge on any atom is 0.319 e. The van der Waals surface area contributed by atoms with Crippen LogP contribution < -0.4 is 10.6 Å². The van der Waals surface area contributed by atoms with Crippen molar-refractivity contribution in [3.05, 3.63) is 12.4 Å². The van der Waals surface area contributed by atoms with E-state index in [0.29, 0.717) is 25.4 Å². The van der Waals surface area contributed by atoms with E-state index in [9.17, 15) is 4.79 Å². The summed E-state index contributed by atoms with van der Waals surface area (Å²) in [5.41, 5.74) is 0.662. The second-order valence-electron chi connectivity index (χ2n) is 5.95. The number of nitrogens with one attached hydrogen (secondary N) is 3. The third-order valence-corrected chi connectivity index (χ3v) is 3.98.